The number of benzene rings is 1. The van der Waals surface area contributed by atoms with Crippen molar-refractivity contribution in [2.75, 3.05) is 6.54 Å². The first-order valence-electron chi connectivity index (χ1n) is 9.08. The summed E-state index contributed by atoms with van der Waals surface area (Å²) >= 11 is 12.2. The zero-order valence-corrected chi connectivity index (χ0v) is 17.4. The van der Waals surface area contributed by atoms with Gasteiger partial charge in [0, 0.05) is 31.4 Å². The van der Waals surface area contributed by atoms with E-state index in [-0.39, 0.29) is 41.0 Å². The van der Waals surface area contributed by atoms with Crippen LogP contribution in [0.2, 0.25) is 10.0 Å². The summed E-state index contributed by atoms with van der Waals surface area (Å²) in [4.78, 5) is 21.0. The Morgan fingerprint density at radius 3 is 2.47 bits per heavy atom. The third kappa shape index (κ3) is 4.41. The van der Waals surface area contributed by atoms with E-state index in [4.69, 9.17) is 23.2 Å². The van der Waals surface area contributed by atoms with Crippen molar-refractivity contribution in [1.82, 2.24) is 14.9 Å². The van der Waals surface area contributed by atoms with Gasteiger partial charge in [-0.1, -0.05) is 23.2 Å². The van der Waals surface area contributed by atoms with Gasteiger partial charge < -0.3 is 15.1 Å². The van der Waals surface area contributed by atoms with Crippen LogP contribution in [-0.2, 0) is 30.4 Å². The molecule has 11 heteroatoms. The monoisotopic (exact) mass is 463 g/mol. The number of nitrogens with zero attached hydrogens (tertiary/aromatic N) is 3. The number of rotatable bonds is 4. The molecule has 1 aromatic heterocycles. The molecule has 1 aliphatic rings. The average Bonchev–Trinajstić information content (AvgIpc) is 2.70. The van der Waals surface area contributed by atoms with Crippen molar-refractivity contribution in [3.05, 3.63) is 44.5 Å². The summed E-state index contributed by atoms with van der Waals surface area (Å²) in [6.45, 7) is 2.08. The van der Waals surface area contributed by atoms with Crippen LogP contribution in [0.5, 0.6) is 11.5 Å². The van der Waals surface area contributed by atoms with E-state index in [1.165, 1.54) is 4.90 Å². The summed E-state index contributed by atoms with van der Waals surface area (Å²) in [5, 5.41) is 19.6. The summed E-state index contributed by atoms with van der Waals surface area (Å²) in [6, 6.07) is 0. The summed E-state index contributed by atoms with van der Waals surface area (Å²) < 4.78 is 38.4. The van der Waals surface area contributed by atoms with E-state index in [0.29, 0.717) is 36.1 Å². The number of amides is 1. The molecule has 30 heavy (non-hydrogen) atoms. The van der Waals surface area contributed by atoms with E-state index >= 15 is 0 Å². The molecule has 0 saturated carbocycles. The minimum Gasteiger partial charge on any atom is -0.503 e. The number of phenolic OH excluding ortho intramolecular Hbond substituents is 2. The smallest absolute Gasteiger partial charge is 0.451 e. The number of carbonyl (C=O) groups excluding carboxylic acids is 1. The van der Waals surface area contributed by atoms with Crippen LogP contribution in [0, 0.1) is 6.92 Å². The number of aromatic nitrogens is 2. The Kier molecular flexibility index (Phi) is 6.33. The van der Waals surface area contributed by atoms with Crippen molar-refractivity contribution in [3.63, 3.8) is 0 Å². The van der Waals surface area contributed by atoms with Crippen LogP contribution >= 0.6 is 23.2 Å². The van der Waals surface area contributed by atoms with E-state index in [1.807, 2.05) is 0 Å². The van der Waals surface area contributed by atoms with Gasteiger partial charge in [0.05, 0.1) is 10.0 Å². The Morgan fingerprint density at radius 2 is 1.83 bits per heavy atom. The third-order valence-corrected chi connectivity index (χ3v) is 5.82. The molecule has 0 saturated heterocycles. The lowest BCUT2D eigenvalue weighted by Gasteiger charge is -2.30. The largest absolute Gasteiger partial charge is 0.503 e. The van der Waals surface area contributed by atoms with Gasteiger partial charge in [-0.05, 0) is 42.9 Å². The molecule has 6 nitrogen and oxygen atoms in total. The molecule has 0 radical (unpaired) electrons. The predicted molar refractivity (Wildman–Crippen MR) is 104 cm³/mol. The normalized spacial score (nSPS) is 14.0. The summed E-state index contributed by atoms with van der Waals surface area (Å²) in [5.41, 5.74) is 1.83. The highest BCUT2D eigenvalue weighted by Crippen LogP contribution is 2.46. The lowest BCUT2D eigenvalue weighted by atomic mass is 9.98. The molecule has 2 heterocycles. The fraction of sp³-hybridized carbons (Fsp3) is 0.421. The Morgan fingerprint density at radius 1 is 1.20 bits per heavy atom. The first-order chi connectivity index (χ1) is 14.0. The van der Waals surface area contributed by atoms with E-state index in [9.17, 15) is 28.2 Å². The van der Waals surface area contributed by atoms with Gasteiger partial charge in [0.2, 0.25) is 11.7 Å². The maximum absolute atomic E-state index is 12.8. The van der Waals surface area contributed by atoms with Crippen molar-refractivity contribution in [2.24, 2.45) is 0 Å². The summed E-state index contributed by atoms with van der Waals surface area (Å²) in [7, 11) is 0. The van der Waals surface area contributed by atoms with Gasteiger partial charge in [0.15, 0.2) is 11.5 Å². The second-order valence-electron chi connectivity index (χ2n) is 7.02. The van der Waals surface area contributed by atoms with Gasteiger partial charge in [-0.3, -0.25) is 4.79 Å². The maximum Gasteiger partial charge on any atom is 0.451 e. The molecular weight excluding hydrogens is 446 g/mol. The summed E-state index contributed by atoms with van der Waals surface area (Å²) in [6.07, 6.45) is -2.52. The minimum atomic E-state index is -4.63. The second kappa shape index (κ2) is 8.47. The highest BCUT2D eigenvalue weighted by atomic mass is 35.5. The highest BCUT2D eigenvalue weighted by Gasteiger charge is 2.35. The predicted octanol–water partition coefficient (Wildman–Crippen LogP) is 4.43. The lowest BCUT2D eigenvalue weighted by molar-refractivity contribution is -0.145. The van der Waals surface area contributed by atoms with Gasteiger partial charge >= 0.3 is 6.18 Å². The van der Waals surface area contributed by atoms with Crippen LogP contribution in [0.15, 0.2) is 6.20 Å². The number of fused-ring (bicyclic) bond motifs is 1. The number of hydrogen-bond acceptors (Lipinski definition) is 5. The van der Waals surface area contributed by atoms with Crippen LogP contribution in [-0.4, -0.2) is 37.5 Å². The molecule has 0 spiro atoms. The molecule has 162 valence electrons. The first-order valence-corrected chi connectivity index (χ1v) is 9.84. The standard InChI is InChI=1S/C19H18Cl2F3N3O3/c1-9-7-25-18(19(22,23)24)26-12(9)3-2-4-13(28)27-6-5-10-11(8-27)15(21)17(30)16(29)14(10)20/h7,29-30H,2-6,8H2,1H3. The number of hydrogen-bond donors (Lipinski definition) is 2. The molecule has 0 fully saturated rings. The lowest BCUT2D eigenvalue weighted by Crippen LogP contribution is -2.36. The number of alkyl halides is 3. The molecule has 2 aromatic rings. The first kappa shape index (κ1) is 22.4. The van der Waals surface area contributed by atoms with Crippen LogP contribution in [0.25, 0.3) is 0 Å². The summed E-state index contributed by atoms with van der Waals surface area (Å²) in [5.74, 6) is -2.42. The second-order valence-corrected chi connectivity index (χ2v) is 7.78. The molecule has 3 rings (SSSR count). The van der Waals surface area contributed by atoms with Crippen LogP contribution in [0.1, 0.15) is 41.1 Å². The zero-order valence-electron chi connectivity index (χ0n) is 15.9. The Bertz CT molecular complexity index is 999. The topological polar surface area (TPSA) is 86.6 Å². The van der Waals surface area contributed by atoms with E-state index < -0.39 is 23.5 Å². The van der Waals surface area contributed by atoms with Gasteiger partial charge in [-0.15, -0.1) is 0 Å². The van der Waals surface area contributed by atoms with Gasteiger partial charge in [-0.25, -0.2) is 9.97 Å². The fourth-order valence-electron chi connectivity index (χ4n) is 3.35. The van der Waals surface area contributed by atoms with Gasteiger partial charge in [0.25, 0.3) is 0 Å². The van der Waals surface area contributed by atoms with Gasteiger partial charge in [0.1, 0.15) is 0 Å². The number of phenols is 2. The van der Waals surface area contributed by atoms with Gasteiger partial charge in [-0.2, -0.15) is 13.2 Å². The average molecular weight is 464 g/mol. The molecule has 1 aromatic carbocycles. The van der Waals surface area contributed by atoms with Crippen molar-refractivity contribution in [2.45, 2.75) is 45.3 Å². The maximum atomic E-state index is 12.8. The van der Waals surface area contributed by atoms with Crippen LogP contribution in [0.4, 0.5) is 13.2 Å². The fourth-order valence-corrected chi connectivity index (χ4v) is 3.91. The Hall–Kier alpha value is -2.26. The number of aryl methyl sites for hydroxylation is 2. The molecule has 2 N–H and O–H groups in total. The van der Waals surface area contributed by atoms with Crippen LogP contribution < -0.4 is 0 Å². The van der Waals surface area contributed by atoms with Crippen molar-refractivity contribution in [3.8, 4) is 11.5 Å². The molecular formula is C19H18Cl2F3N3O3. The number of carbonyl (C=O) groups is 1. The number of aromatic hydroxyl groups is 2. The van der Waals surface area contributed by atoms with E-state index in [2.05, 4.69) is 9.97 Å². The molecule has 0 atom stereocenters. The van der Waals surface area contributed by atoms with Crippen molar-refractivity contribution in [1.29, 1.82) is 0 Å². The highest BCUT2D eigenvalue weighted by molar-refractivity contribution is 6.36. The van der Waals surface area contributed by atoms with Crippen molar-refractivity contribution >= 4 is 29.1 Å². The molecule has 1 amide bonds. The molecule has 1 aliphatic heterocycles. The zero-order chi connectivity index (χ0) is 22.2. The molecule has 0 bridgehead atoms. The Labute approximate surface area is 180 Å². The third-order valence-electron chi connectivity index (χ3n) is 5.00. The SMILES string of the molecule is Cc1cnc(C(F)(F)F)nc1CCCC(=O)N1CCc2c(Cl)c(O)c(O)c(Cl)c2C1. The quantitative estimate of drug-likeness (QED) is 0.654. The molecule has 0 aliphatic carbocycles. The molecule has 0 unspecified atom stereocenters. The van der Waals surface area contributed by atoms with E-state index in [0.717, 1.165) is 6.20 Å². The minimum absolute atomic E-state index is 0.0127. The van der Waals surface area contributed by atoms with Crippen LogP contribution in [0.3, 0.4) is 0 Å². The van der Waals surface area contributed by atoms with E-state index in [1.54, 1.807) is 6.92 Å². The van der Waals surface area contributed by atoms with Crippen molar-refractivity contribution < 1.29 is 28.2 Å². The Balaban J connectivity index is 1.65. The number of halogens is 5.